The number of aromatic amines is 1. The number of benzene rings is 1. The number of halogens is 2. The van der Waals surface area contributed by atoms with Crippen molar-refractivity contribution in [1.82, 2.24) is 40.4 Å². The van der Waals surface area contributed by atoms with Gasteiger partial charge in [-0.1, -0.05) is 24.2 Å². The van der Waals surface area contributed by atoms with Gasteiger partial charge in [-0.15, -0.1) is 0 Å². The molecule has 4 aromatic heterocycles. The quantitative estimate of drug-likeness (QED) is 0.104. The van der Waals surface area contributed by atoms with Gasteiger partial charge in [0.15, 0.2) is 5.75 Å². The van der Waals surface area contributed by atoms with E-state index in [4.69, 9.17) is 21.1 Å². The molecule has 5 aromatic rings. The van der Waals surface area contributed by atoms with E-state index in [0.717, 1.165) is 60.6 Å². The summed E-state index contributed by atoms with van der Waals surface area (Å²) in [6, 6.07) is 10.4. The molecule has 2 saturated heterocycles. The molecular formula is C43H45ClFN9O5. The van der Waals surface area contributed by atoms with E-state index in [1.54, 1.807) is 47.9 Å². The Hall–Kier alpha value is -6.19. The SMILES string of the molecule is C=CC(=O)N1CCC[C@H]1COc1cnccc1-c1[nH]c2c(c1Nc1cccc(F)c1Cl)C(=O)NCC2.O=C1NCCc2c1ccn2-c1ccncc1OC[C@@H]1CCCN1. The van der Waals surface area contributed by atoms with Gasteiger partial charge in [0.05, 0.1) is 57.3 Å². The summed E-state index contributed by atoms with van der Waals surface area (Å²) in [6.45, 7) is 7.42. The topological polar surface area (TPSA) is 168 Å². The number of amides is 3. The Balaban J connectivity index is 0.000000180. The second kappa shape index (κ2) is 17.7. The number of hydrogen-bond donors (Lipinski definition) is 5. The van der Waals surface area contributed by atoms with Crippen molar-refractivity contribution >= 4 is 40.7 Å². The van der Waals surface area contributed by atoms with Crippen LogP contribution in [0.2, 0.25) is 5.02 Å². The van der Waals surface area contributed by atoms with Gasteiger partial charge in [-0.2, -0.15) is 0 Å². The molecule has 0 unspecified atom stereocenters. The number of aromatic nitrogens is 4. The first-order valence-corrected chi connectivity index (χ1v) is 20.2. The smallest absolute Gasteiger partial charge is 0.255 e. The van der Waals surface area contributed by atoms with Gasteiger partial charge in [0.2, 0.25) is 5.91 Å². The van der Waals surface area contributed by atoms with E-state index < -0.39 is 5.82 Å². The van der Waals surface area contributed by atoms with Crippen LogP contribution in [0.4, 0.5) is 15.8 Å². The van der Waals surface area contributed by atoms with Gasteiger partial charge in [-0.25, -0.2) is 4.39 Å². The van der Waals surface area contributed by atoms with E-state index in [-0.39, 0.29) is 35.4 Å². The van der Waals surface area contributed by atoms with Crippen LogP contribution in [-0.2, 0) is 17.6 Å². The van der Waals surface area contributed by atoms with Crippen LogP contribution in [0.25, 0.3) is 16.9 Å². The zero-order valence-electron chi connectivity index (χ0n) is 32.4. The summed E-state index contributed by atoms with van der Waals surface area (Å²) < 4.78 is 28.4. The highest BCUT2D eigenvalue weighted by molar-refractivity contribution is 6.33. The fraction of sp³-hybridized carbons (Fsp3) is 0.326. The molecule has 2 atom stereocenters. The highest BCUT2D eigenvalue weighted by Gasteiger charge is 2.31. The molecule has 5 N–H and O–H groups in total. The lowest BCUT2D eigenvalue weighted by atomic mass is 10.0. The summed E-state index contributed by atoms with van der Waals surface area (Å²) in [5.41, 5.74) is 5.98. The number of carbonyl (C=O) groups excluding carboxylic acids is 3. The first-order chi connectivity index (χ1) is 28.8. The molecule has 306 valence electrons. The maximum atomic E-state index is 14.2. The highest BCUT2D eigenvalue weighted by Crippen LogP contribution is 2.41. The van der Waals surface area contributed by atoms with Gasteiger partial charge in [0.1, 0.15) is 24.8 Å². The van der Waals surface area contributed by atoms with Crippen molar-refractivity contribution in [3.63, 3.8) is 0 Å². The van der Waals surface area contributed by atoms with Crippen LogP contribution in [0, 0.1) is 5.82 Å². The van der Waals surface area contributed by atoms with Crippen molar-refractivity contribution in [2.24, 2.45) is 0 Å². The van der Waals surface area contributed by atoms with E-state index in [2.05, 4.69) is 42.8 Å². The van der Waals surface area contributed by atoms with Crippen LogP contribution in [0.1, 0.15) is 57.8 Å². The van der Waals surface area contributed by atoms with E-state index in [1.807, 2.05) is 22.9 Å². The minimum atomic E-state index is -0.569. The molecule has 0 saturated carbocycles. The third kappa shape index (κ3) is 8.39. The summed E-state index contributed by atoms with van der Waals surface area (Å²) in [7, 11) is 0. The maximum Gasteiger partial charge on any atom is 0.255 e. The molecule has 4 aliphatic heterocycles. The number of ether oxygens (including phenoxy) is 2. The first-order valence-electron chi connectivity index (χ1n) is 19.8. The predicted molar refractivity (Wildman–Crippen MR) is 221 cm³/mol. The summed E-state index contributed by atoms with van der Waals surface area (Å²) in [4.78, 5) is 50.5. The average Bonchev–Trinajstić information content (AvgIpc) is 4.09. The van der Waals surface area contributed by atoms with Gasteiger partial charge in [0, 0.05) is 74.1 Å². The Kier molecular flexibility index (Phi) is 11.9. The van der Waals surface area contributed by atoms with Crippen molar-refractivity contribution in [2.75, 3.05) is 44.7 Å². The van der Waals surface area contributed by atoms with Crippen molar-refractivity contribution in [3.05, 3.63) is 113 Å². The lowest BCUT2D eigenvalue weighted by Gasteiger charge is -2.24. The van der Waals surface area contributed by atoms with Crippen LogP contribution in [-0.4, -0.2) is 93.6 Å². The number of rotatable bonds is 11. The molecule has 1 aromatic carbocycles. The molecule has 0 bridgehead atoms. The van der Waals surface area contributed by atoms with Crippen LogP contribution in [0.15, 0.2) is 80.0 Å². The fourth-order valence-electron chi connectivity index (χ4n) is 8.06. The number of fused-ring (bicyclic) bond motifs is 2. The standard InChI is InChI=1S/C26H25ClFN5O3.C17H20N4O2/c1-2-21(34)33-12-4-5-15(33)14-36-20-13-29-10-8-16(20)24-25(22-18(31-24)9-11-30-26(22)35)32-19-7-3-6-17(28)23(19)27;22-17-13-5-9-21(14(13)4-8-20-17)15-3-7-18-10-16(15)23-11-12-2-1-6-19-12/h2-3,6-8,10,13,15,31-32H,1,4-5,9,11-12,14H2,(H,30,35);3,5,7,9-10,12,19H,1-2,4,6,8,11H2,(H,20,22)/t15-;12-/m00/s1. The molecule has 3 amide bonds. The number of likely N-dealkylation sites (tertiary alicyclic amines) is 1. The number of hydrogen-bond acceptors (Lipinski definition) is 9. The number of nitrogens with zero attached hydrogens (tertiary/aromatic N) is 4. The Labute approximate surface area is 345 Å². The molecule has 2 fully saturated rings. The minimum absolute atomic E-state index is 0.00307. The van der Waals surface area contributed by atoms with Gasteiger partial charge in [0.25, 0.3) is 11.8 Å². The lowest BCUT2D eigenvalue weighted by molar-refractivity contribution is -0.127. The summed E-state index contributed by atoms with van der Waals surface area (Å²) in [6.07, 6.45) is 15.5. The number of anilines is 2. The molecule has 0 spiro atoms. The summed E-state index contributed by atoms with van der Waals surface area (Å²) in [5.74, 6) is 0.314. The van der Waals surface area contributed by atoms with Crippen molar-refractivity contribution < 1.29 is 28.2 Å². The molecular weight excluding hydrogens is 777 g/mol. The summed E-state index contributed by atoms with van der Waals surface area (Å²) >= 11 is 6.21. The second-order valence-corrected chi connectivity index (χ2v) is 15.1. The monoisotopic (exact) mass is 821 g/mol. The van der Waals surface area contributed by atoms with Gasteiger partial charge < -0.3 is 45.2 Å². The Morgan fingerprint density at radius 1 is 0.949 bits per heavy atom. The maximum absolute atomic E-state index is 14.2. The Morgan fingerprint density at radius 3 is 2.58 bits per heavy atom. The second-order valence-electron chi connectivity index (χ2n) is 14.7. The van der Waals surface area contributed by atoms with Crippen LogP contribution >= 0.6 is 11.6 Å². The van der Waals surface area contributed by atoms with E-state index in [0.29, 0.717) is 72.6 Å². The van der Waals surface area contributed by atoms with E-state index >= 15 is 0 Å². The van der Waals surface area contributed by atoms with E-state index in [1.165, 1.54) is 18.6 Å². The molecule has 0 aliphatic carbocycles. The molecule has 16 heteroatoms. The van der Waals surface area contributed by atoms with Crippen LogP contribution in [0.5, 0.6) is 11.5 Å². The zero-order chi connectivity index (χ0) is 40.9. The molecule has 0 radical (unpaired) electrons. The number of pyridine rings is 2. The van der Waals surface area contributed by atoms with Gasteiger partial charge in [-0.05, 0) is 68.6 Å². The van der Waals surface area contributed by atoms with Gasteiger partial charge >= 0.3 is 0 Å². The lowest BCUT2D eigenvalue weighted by Crippen LogP contribution is -2.38. The van der Waals surface area contributed by atoms with Crippen molar-refractivity contribution in [1.29, 1.82) is 0 Å². The minimum Gasteiger partial charge on any atom is -0.489 e. The van der Waals surface area contributed by atoms with E-state index in [9.17, 15) is 18.8 Å². The highest BCUT2D eigenvalue weighted by atomic mass is 35.5. The van der Waals surface area contributed by atoms with Crippen molar-refractivity contribution in [2.45, 2.75) is 50.6 Å². The first kappa shape index (κ1) is 39.6. The number of H-pyrrole nitrogens is 1. The molecule has 8 heterocycles. The zero-order valence-corrected chi connectivity index (χ0v) is 33.1. The number of nitrogens with one attached hydrogen (secondary N) is 5. The van der Waals surface area contributed by atoms with Gasteiger partial charge in [-0.3, -0.25) is 24.4 Å². The molecule has 14 nitrogen and oxygen atoms in total. The Bertz CT molecular complexity index is 2370. The fourth-order valence-corrected chi connectivity index (χ4v) is 8.23. The predicted octanol–water partition coefficient (Wildman–Crippen LogP) is 5.74. The number of carbonyl (C=O) groups is 3. The van der Waals surface area contributed by atoms with Crippen molar-refractivity contribution in [3.8, 4) is 28.4 Å². The molecule has 9 rings (SSSR count). The molecule has 59 heavy (non-hydrogen) atoms. The third-order valence-corrected chi connectivity index (χ3v) is 11.4. The Morgan fingerprint density at radius 2 is 1.75 bits per heavy atom. The normalized spacial score (nSPS) is 18.2. The largest absolute Gasteiger partial charge is 0.489 e. The molecule has 4 aliphatic rings. The third-order valence-electron chi connectivity index (χ3n) is 11.0. The summed E-state index contributed by atoms with van der Waals surface area (Å²) in [5, 5.41) is 12.3. The van der Waals surface area contributed by atoms with Crippen LogP contribution in [0.3, 0.4) is 0 Å². The average molecular weight is 822 g/mol. The van der Waals surface area contributed by atoms with Crippen LogP contribution < -0.4 is 30.7 Å².